The van der Waals surface area contributed by atoms with Gasteiger partial charge in [-0.1, -0.05) is 18.9 Å². The summed E-state index contributed by atoms with van der Waals surface area (Å²) in [5.41, 5.74) is 7.84. The van der Waals surface area contributed by atoms with Crippen molar-refractivity contribution in [1.29, 1.82) is 0 Å². The molecule has 3 N–H and O–H groups in total. The highest BCUT2D eigenvalue weighted by Crippen LogP contribution is 2.27. The number of carbonyl (C=O) groups excluding carboxylic acids is 1. The van der Waals surface area contributed by atoms with E-state index in [9.17, 15) is 4.79 Å². The normalized spacial score (nSPS) is 20.2. The van der Waals surface area contributed by atoms with E-state index >= 15 is 0 Å². The molecule has 1 aliphatic rings. The summed E-state index contributed by atoms with van der Waals surface area (Å²) in [6, 6.07) is 9.81. The van der Waals surface area contributed by atoms with Crippen molar-refractivity contribution in [1.82, 2.24) is 4.98 Å². The largest absolute Gasteiger partial charge is 0.327 e. The SMILES string of the molecule is Cl.Cl.NC1CCCCC1CC(=O)Nc1cccc2ncccc12. The van der Waals surface area contributed by atoms with E-state index in [1.54, 1.807) is 6.20 Å². The van der Waals surface area contributed by atoms with Crippen LogP contribution < -0.4 is 11.1 Å². The molecule has 0 saturated heterocycles. The number of anilines is 1. The number of amides is 1. The maximum Gasteiger partial charge on any atom is 0.224 e. The second kappa shape index (κ2) is 9.06. The Morgan fingerprint density at radius 3 is 2.74 bits per heavy atom. The van der Waals surface area contributed by atoms with Crippen molar-refractivity contribution in [2.45, 2.75) is 38.1 Å². The molecular weight excluding hydrogens is 333 g/mol. The van der Waals surface area contributed by atoms with Gasteiger partial charge in [0.1, 0.15) is 0 Å². The molecule has 1 heterocycles. The lowest BCUT2D eigenvalue weighted by Gasteiger charge is -2.28. The molecule has 3 rings (SSSR count). The number of hydrogen-bond donors (Lipinski definition) is 2. The lowest BCUT2D eigenvalue weighted by Crippen LogP contribution is -2.35. The number of nitrogens with two attached hydrogens (primary N) is 1. The summed E-state index contributed by atoms with van der Waals surface area (Å²) >= 11 is 0. The van der Waals surface area contributed by atoms with Crippen molar-refractivity contribution in [3.63, 3.8) is 0 Å². The average Bonchev–Trinajstić information content (AvgIpc) is 2.50. The Kier molecular flexibility index (Phi) is 7.76. The van der Waals surface area contributed by atoms with Gasteiger partial charge in [0.15, 0.2) is 0 Å². The summed E-state index contributed by atoms with van der Waals surface area (Å²) in [6.45, 7) is 0. The number of benzene rings is 1. The standard InChI is InChI=1S/C17H21N3O.2ClH/c18-14-7-2-1-5-12(14)11-17(21)20-16-9-3-8-15-13(16)6-4-10-19-15;;/h3-4,6,8-10,12,14H,1-2,5,7,11,18H2,(H,20,21);2*1H. The summed E-state index contributed by atoms with van der Waals surface area (Å²) < 4.78 is 0. The van der Waals surface area contributed by atoms with Crippen LogP contribution in [0.3, 0.4) is 0 Å². The van der Waals surface area contributed by atoms with Gasteiger partial charge in [-0.3, -0.25) is 9.78 Å². The Bertz CT molecular complexity index is 645. The predicted molar refractivity (Wildman–Crippen MR) is 99.4 cm³/mol. The number of pyridine rings is 1. The van der Waals surface area contributed by atoms with E-state index in [0.29, 0.717) is 12.3 Å². The topological polar surface area (TPSA) is 68.0 Å². The minimum atomic E-state index is 0. The highest BCUT2D eigenvalue weighted by atomic mass is 35.5. The number of halogens is 2. The zero-order valence-corrected chi connectivity index (χ0v) is 14.5. The van der Waals surface area contributed by atoms with Crippen molar-refractivity contribution in [2.75, 3.05) is 5.32 Å². The Hall–Kier alpha value is -1.36. The molecule has 0 spiro atoms. The Morgan fingerprint density at radius 2 is 1.96 bits per heavy atom. The van der Waals surface area contributed by atoms with E-state index < -0.39 is 0 Å². The maximum absolute atomic E-state index is 12.3. The molecule has 4 nitrogen and oxygen atoms in total. The predicted octanol–water partition coefficient (Wildman–Crippen LogP) is 3.92. The zero-order valence-electron chi connectivity index (χ0n) is 12.9. The molecule has 1 aromatic carbocycles. The van der Waals surface area contributed by atoms with Crippen molar-refractivity contribution < 1.29 is 4.79 Å². The first kappa shape index (κ1) is 19.7. The third-order valence-electron chi connectivity index (χ3n) is 4.34. The first-order chi connectivity index (χ1) is 10.2. The van der Waals surface area contributed by atoms with Crippen molar-refractivity contribution in [3.8, 4) is 0 Å². The van der Waals surface area contributed by atoms with Gasteiger partial charge < -0.3 is 11.1 Å². The van der Waals surface area contributed by atoms with E-state index in [1.165, 1.54) is 12.8 Å². The number of hydrogen-bond acceptors (Lipinski definition) is 3. The van der Waals surface area contributed by atoms with Crippen LogP contribution in [-0.2, 0) is 4.79 Å². The fourth-order valence-corrected chi connectivity index (χ4v) is 3.14. The van der Waals surface area contributed by atoms with Gasteiger partial charge in [-0.25, -0.2) is 0 Å². The lowest BCUT2D eigenvalue weighted by molar-refractivity contribution is -0.117. The molecule has 2 atom stereocenters. The van der Waals surface area contributed by atoms with Crippen LogP contribution in [0.1, 0.15) is 32.1 Å². The second-order valence-corrected chi connectivity index (χ2v) is 5.84. The van der Waals surface area contributed by atoms with Crippen molar-refractivity contribution in [3.05, 3.63) is 36.5 Å². The van der Waals surface area contributed by atoms with E-state index in [1.807, 2.05) is 30.3 Å². The summed E-state index contributed by atoms with van der Waals surface area (Å²) in [6.07, 6.45) is 6.74. The molecule has 1 aromatic heterocycles. The molecule has 2 unspecified atom stereocenters. The highest BCUT2D eigenvalue weighted by molar-refractivity contribution is 6.00. The van der Waals surface area contributed by atoms with Crippen LogP contribution in [0.15, 0.2) is 36.5 Å². The third kappa shape index (κ3) is 4.80. The number of rotatable bonds is 3. The minimum Gasteiger partial charge on any atom is -0.327 e. The fourth-order valence-electron chi connectivity index (χ4n) is 3.14. The van der Waals surface area contributed by atoms with E-state index in [2.05, 4.69) is 10.3 Å². The monoisotopic (exact) mass is 355 g/mol. The van der Waals surface area contributed by atoms with Crippen LogP contribution in [0.2, 0.25) is 0 Å². The smallest absolute Gasteiger partial charge is 0.224 e. The van der Waals surface area contributed by atoms with Crippen LogP contribution in [0, 0.1) is 5.92 Å². The summed E-state index contributed by atoms with van der Waals surface area (Å²) in [5.74, 6) is 0.362. The number of aromatic nitrogens is 1. The molecule has 1 saturated carbocycles. The maximum atomic E-state index is 12.3. The first-order valence-corrected chi connectivity index (χ1v) is 7.63. The van der Waals surface area contributed by atoms with Gasteiger partial charge in [-0.05, 0) is 43.0 Å². The van der Waals surface area contributed by atoms with E-state index in [0.717, 1.165) is 29.4 Å². The number of nitrogens with one attached hydrogen (secondary N) is 1. The lowest BCUT2D eigenvalue weighted by atomic mass is 9.83. The van der Waals surface area contributed by atoms with Gasteiger partial charge in [-0.2, -0.15) is 0 Å². The molecule has 23 heavy (non-hydrogen) atoms. The summed E-state index contributed by atoms with van der Waals surface area (Å²) in [4.78, 5) is 16.6. The van der Waals surface area contributed by atoms with Gasteiger partial charge in [0.2, 0.25) is 5.91 Å². The van der Waals surface area contributed by atoms with Crippen LogP contribution in [-0.4, -0.2) is 16.9 Å². The van der Waals surface area contributed by atoms with Gasteiger partial charge >= 0.3 is 0 Å². The molecule has 0 aliphatic heterocycles. The number of fused-ring (bicyclic) bond motifs is 1. The van der Waals surface area contributed by atoms with Crippen LogP contribution in [0.25, 0.3) is 10.9 Å². The summed E-state index contributed by atoms with van der Waals surface area (Å²) in [5, 5.41) is 3.99. The van der Waals surface area contributed by atoms with Gasteiger partial charge in [-0.15, -0.1) is 24.8 Å². The molecule has 2 aromatic rings. The zero-order chi connectivity index (χ0) is 14.7. The Labute approximate surface area is 149 Å². The molecule has 0 bridgehead atoms. The Balaban J connectivity index is 0.00000132. The van der Waals surface area contributed by atoms with Gasteiger partial charge in [0, 0.05) is 24.0 Å². The quantitative estimate of drug-likeness (QED) is 0.876. The second-order valence-electron chi connectivity index (χ2n) is 5.84. The average molecular weight is 356 g/mol. The van der Waals surface area contributed by atoms with Crippen molar-refractivity contribution >= 4 is 47.3 Å². The molecule has 1 aliphatic carbocycles. The highest BCUT2D eigenvalue weighted by Gasteiger charge is 2.24. The van der Waals surface area contributed by atoms with E-state index in [-0.39, 0.29) is 36.8 Å². The van der Waals surface area contributed by atoms with Gasteiger partial charge in [0.25, 0.3) is 0 Å². The molecule has 1 amide bonds. The van der Waals surface area contributed by atoms with Crippen molar-refractivity contribution in [2.24, 2.45) is 11.7 Å². The number of nitrogens with zero attached hydrogens (tertiary/aromatic N) is 1. The van der Waals surface area contributed by atoms with E-state index in [4.69, 9.17) is 5.73 Å². The molecule has 0 radical (unpaired) electrons. The van der Waals surface area contributed by atoms with Crippen LogP contribution in [0.5, 0.6) is 0 Å². The van der Waals surface area contributed by atoms with Crippen LogP contribution in [0.4, 0.5) is 5.69 Å². The van der Waals surface area contributed by atoms with Gasteiger partial charge in [0.05, 0.1) is 11.2 Å². The molecule has 1 fully saturated rings. The third-order valence-corrected chi connectivity index (χ3v) is 4.34. The summed E-state index contributed by atoms with van der Waals surface area (Å²) in [7, 11) is 0. The molecular formula is C17H23Cl2N3O. The first-order valence-electron chi connectivity index (χ1n) is 7.63. The Morgan fingerprint density at radius 1 is 1.17 bits per heavy atom. The fraction of sp³-hybridized carbons (Fsp3) is 0.412. The molecule has 126 valence electrons. The number of carbonyl (C=O) groups is 1. The minimum absolute atomic E-state index is 0. The van der Waals surface area contributed by atoms with Crippen LogP contribution >= 0.6 is 24.8 Å². The molecule has 6 heteroatoms.